The lowest BCUT2D eigenvalue weighted by atomic mass is 10.3. The lowest BCUT2D eigenvalue weighted by Gasteiger charge is -1.96. The van der Waals surface area contributed by atoms with Gasteiger partial charge in [0.15, 0.2) is 0 Å². The number of aliphatic hydroxyl groups is 1. The second-order valence-corrected chi connectivity index (χ2v) is 2.08. The number of alkyl halides is 1. The van der Waals surface area contributed by atoms with Crippen LogP contribution in [0.5, 0.6) is 0 Å². The number of hydrogen-bond acceptors (Lipinski definition) is 1. The van der Waals surface area contributed by atoms with Crippen LogP contribution < -0.4 is 0 Å². The van der Waals surface area contributed by atoms with Crippen molar-refractivity contribution in [3.8, 4) is 0 Å². The van der Waals surface area contributed by atoms with Gasteiger partial charge in [-0.25, -0.2) is 0 Å². The molecule has 0 aliphatic heterocycles. The molecule has 3 heteroatoms. The van der Waals surface area contributed by atoms with E-state index in [1.807, 2.05) is 0 Å². The highest BCUT2D eigenvalue weighted by Crippen LogP contribution is 2.02. The summed E-state index contributed by atoms with van der Waals surface area (Å²) in [6.45, 7) is 2.07. The Morgan fingerprint density at radius 1 is 1.62 bits per heavy atom. The first-order chi connectivity index (χ1) is 3.27. The fourth-order valence-corrected chi connectivity index (χ4v) is 0.527. The average molecular weight is 157 g/mol. The van der Waals surface area contributed by atoms with Crippen LogP contribution in [-0.2, 0) is 0 Å². The molecule has 0 radical (unpaired) electrons. The molecule has 0 heterocycles. The van der Waals surface area contributed by atoms with Crippen molar-refractivity contribution >= 4 is 25.1 Å². The lowest BCUT2D eigenvalue weighted by Crippen LogP contribution is -1.92. The maximum Gasteiger partial charge on any atom is 0.128 e. The van der Waals surface area contributed by atoms with Gasteiger partial charge in [-0.3, -0.25) is 0 Å². The fourth-order valence-electron chi connectivity index (χ4n) is 0.373. The normalized spacial score (nSPS) is 12.4. The van der Waals surface area contributed by atoms with Crippen LogP contribution in [0.25, 0.3) is 0 Å². The summed E-state index contributed by atoms with van der Waals surface area (Å²) in [5, 5.41) is 8.45. The van der Waals surface area contributed by atoms with Gasteiger partial charge in [0.2, 0.25) is 0 Å². The Labute approximate surface area is 62.5 Å². The van der Waals surface area contributed by atoms with Gasteiger partial charge in [-0.15, -0.1) is 0 Å². The molecule has 0 saturated carbocycles. The maximum absolute atomic E-state index is 8.45. The van der Waals surface area contributed by atoms with Crippen molar-refractivity contribution in [3.63, 3.8) is 0 Å². The van der Waals surface area contributed by atoms with Crippen molar-refractivity contribution in [2.24, 2.45) is 0 Å². The van der Waals surface area contributed by atoms with E-state index < -0.39 is 5.56 Å². The molecule has 0 aromatic rings. The third kappa shape index (κ3) is 9.78. The average Bonchev–Trinajstić information content (AvgIpc) is 1.61. The molecule has 0 spiro atoms. The van der Waals surface area contributed by atoms with Crippen molar-refractivity contribution in [3.05, 3.63) is 0 Å². The highest BCUT2D eigenvalue weighted by Gasteiger charge is 1.92. The maximum atomic E-state index is 8.45. The van der Waals surface area contributed by atoms with E-state index in [2.05, 4.69) is 6.92 Å². The highest BCUT2D eigenvalue weighted by atomic mass is 35.5. The first kappa shape index (κ1) is 11.4. The number of aliphatic hydroxyl groups excluding tert-OH is 1. The second-order valence-electron chi connectivity index (χ2n) is 1.58. The minimum Gasteiger partial charge on any atom is -0.378 e. The quantitative estimate of drug-likeness (QED) is 0.619. The number of halogens is 1. The van der Waals surface area contributed by atoms with Crippen LogP contribution in [0.1, 0.15) is 26.2 Å². The van der Waals surface area contributed by atoms with Crippen LogP contribution >= 0.6 is 25.1 Å². The topological polar surface area (TPSA) is 20.2 Å². The predicted molar refractivity (Wildman–Crippen MR) is 41.8 cm³/mol. The van der Waals surface area contributed by atoms with Crippen molar-refractivity contribution in [1.29, 1.82) is 0 Å². The first-order valence-electron chi connectivity index (χ1n) is 2.59. The zero-order chi connectivity index (χ0) is 5.70. The van der Waals surface area contributed by atoms with E-state index in [0.717, 1.165) is 19.3 Å². The summed E-state index contributed by atoms with van der Waals surface area (Å²) in [7, 11) is 0. The molecule has 1 nitrogen and oxygen atoms in total. The largest absolute Gasteiger partial charge is 0.378 e. The SMILES string of the molecule is CCCCC(O)Cl.S. The molecule has 1 N–H and O–H groups in total. The molecule has 0 aliphatic rings. The molecule has 1 unspecified atom stereocenters. The van der Waals surface area contributed by atoms with Gasteiger partial charge in [0.05, 0.1) is 0 Å². The van der Waals surface area contributed by atoms with Crippen LogP contribution in [-0.4, -0.2) is 10.7 Å². The number of hydrogen-bond donors (Lipinski definition) is 1. The highest BCUT2D eigenvalue weighted by molar-refractivity contribution is 7.59. The third-order valence-corrected chi connectivity index (χ3v) is 1.01. The van der Waals surface area contributed by atoms with Crippen LogP contribution in [0, 0.1) is 0 Å². The molecular weight excluding hydrogens is 144 g/mol. The van der Waals surface area contributed by atoms with E-state index in [1.54, 1.807) is 0 Å². The number of rotatable bonds is 3. The fraction of sp³-hybridized carbons (Fsp3) is 1.00. The van der Waals surface area contributed by atoms with Crippen LogP contribution in [0.3, 0.4) is 0 Å². The van der Waals surface area contributed by atoms with E-state index in [1.165, 1.54) is 0 Å². The summed E-state index contributed by atoms with van der Waals surface area (Å²) in [5.74, 6) is 0. The Kier molecular flexibility index (Phi) is 10.8. The smallest absolute Gasteiger partial charge is 0.128 e. The molecule has 0 amide bonds. The van der Waals surface area contributed by atoms with E-state index in [4.69, 9.17) is 16.7 Å². The van der Waals surface area contributed by atoms with Crippen molar-refractivity contribution in [2.75, 3.05) is 0 Å². The second kappa shape index (κ2) is 7.60. The van der Waals surface area contributed by atoms with Crippen LogP contribution in [0.15, 0.2) is 0 Å². The predicted octanol–water partition coefficient (Wildman–Crippen LogP) is 1.85. The summed E-state index contributed by atoms with van der Waals surface area (Å²) < 4.78 is 0. The lowest BCUT2D eigenvalue weighted by molar-refractivity contribution is 0.242. The Bertz CT molecular complexity index is 41.4. The van der Waals surface area contributed by atoms with Crippen molar-refractivity contribution in [2.45, 2.75) is 31.7 Å². The summed E-state index contributed by atoms with van der Waals surface area (Å²) in [5.41, 5.74) is -0.625. The van der Waals surface area contributed by atoms with Gasteiger partial charge in [-0.1, -0.05) is 24.9 Å². The molecule has 0 fully saturated rings. The van der Waals surface area contributed by atoms with Gasteiger partial charge < -0.3 is 5.11 Å². The van der Waals surface area contributed by atoms with Gasteiger partial charge in [0.25, 0.3) is 0 Å². The van der Waals surface area contributed by atoms with Gasteiger partial charge in [0, 0.05) is 0 Å². The zero-order valence-corrected chi connectivity index (χ0v) is 6.78. The zero-order valence-electron chi connectivity index (χ0n) is 5.02. The van der Waals surface area contributed by atoms with Gasteiger partial charge in [0.1, 0.15) is 5.56 Å². The Hall–Kier alpha value is 0.600. The minimum absolute atomic E-state index is 0. The van der Waals surface area contributed by atoms with E-state index in [0.29, 0.717) is 0 Å². The Morgan fingerprint density at radius 2 is 2.12 bits per heavy atom. The van der Waals surface area contributed by atoms with Crippen molar-refractivity contribution < 1.29 is 5.11 Å². The molecule has 0 saturated heterocycles. The molecule has 0 aromatic carbocycles. The van der Waals surface area contributed by atoms with E-state index >= 15 is 0 Å². The Balaban J connectivity index is 0. The van der Waals surface area contributed by atoms with E-state index in [-0.39, 0.29) is 13.5 Å². The minimum atomic E-state index is -0.625. The summed E-state index contributed by atoms with van der Waals surface area (Å²) in [6.07, 6.45) is 2.84. The molecule has 0 bridgehead atoms. The van der Waals surface area contributed by atoms with Gasteiger partial charge in [-0.05, 0) is 12.8 Å². The molecule has 8 heavy (non-hydrogen) atoms. The molecule has 0 rings (SSSR count). The number of unbranched alkanes of at least 4 members (excludes halogenated alkanes) is 1. The summed E-state index contributed by atoms with van der Waals surface area (Å²) in [4.78, 5) is 0. The summed E-state index contributed by atoms with van der Waals surface area (Å²) >= 11 is 5.21. The monoisotopic (exact) mass is 156 g/mol. The molecule has 0 aromatic heterocycles. The van der Waals surface area contributed by atoms with Gasteiger partial charge in [-0.2, -0.15) is 13.5 Å². The molecule has 1 atom stereocenters. The third-order valence-electron chi connectivity index (χ3n) is 0.796. The van der Waals surface area contributed by atoms with Gasteiger partial charge >= 0.3 is 0 Å². The molecular formula is C5H13ClOS. The van der Waals surface area contributed by atoms with Crippen LogP contribution in [0.2, 0.25) is 0 Å². The molecule has 0 aliphatic carbocycles. The van der Waals surface area contributed by atoms with E-state index in [9.17, 15) is 0 Å². The summed E-state index contributed by atoms with van der Waals surface area (Å²) in [6, 6.07) is 0. The molecule has 52 valence electrons. The Morgan fingerprint density at radius 3 is 2.25 bits per heavy atom. The standard InChI is InChI=1S/C5H11ClO.H2S/c1-2-3-4-5(6)7;/h5,7H,2-4H2,1H3;1H2. The first-order valence-corrected chi connectivity index (χ1v) is 3.03. The van der Waals surface area contributed by atoms with Crippen molar-refractivity contribution in [1.82, 2.24) is 0 Å². The van der Waals surface area contributed by atoms with Crippen LogP contribution in [0.4, 0.5) is 0 Å².